The van der Waals surface area contributed by atoms with Crippen molar-refractivity contribution >= 4 is 11.7 Å². The SMILES string of the molecule is NC(=O)c1cccc(C(=O)c2cc[nH]c2)c1C1CCCCC1. The number of hydrogen-bond acceptors (Lipinski definition) is 2. The van der Waals surface area contributed by atoms with Gasteiger partial charge in [-0.05, 0) is 36.5 Å². The highest BCUT2D eigenvalue weighted by molar-refractivity contribution is 6.11. The molecule has 4 heteroatoms. The first kappa shape index (κ1) is 14.6. The maximum Gasteiger partial charge on any atom is 0.249 e. The van der Waals surface area contributed by atoms with Gasteiger partial charge < -0.3 is 10.7 Å². The van der Waals surface area contributed by atoms with Crippen LogP contribution in [0.3, 0.4) is 0 Å². The van der Waals surface area contributed by atoms with Gasteiger partial charge in [0.05, 0.1) is 0 Å². The molecule has 0 spiro atoms. The lowest BCUT2D eigenvalue weighted by Crippen LogP contribution is -2.20. The number of amides is 1. The third kappa shape index (κ3) is 2.69. The zero-order valence-electron chi connectivity index (χ0n) is 12.5. The van der Waals surface area contributed by atoms with Crippen LogP contribution in [0.5, 0.6) is 0 Å². The lowest BCUT2D eigenvalue weighted by molar-refractivity contribution is 0.0998. The molecular formula is C18H20N2O2. The highest BCUT2D eigenvalue weighted by atomic mass is 16.1. The van der Waals surface area contributed by atoms with E-state index in [2.05, 4.69) is 4.98 Å². The molecule has 0 radical (unpaired) electrons. The minimum absolute atomic E-state index is 0.0510. The Balaban J connectivity index is 2.10. The summed E-state index contributed by atoms with van der Waals surface area (Å²) in [5.41, 5.74) is 8.12. The number of nitrogens with two attached hydrogens (primary N) is 1. The summed E-state index contributed by atoms with van der Waals surface area (Å²) in [5, 5.41) is 0. The second-order valence-electron chi connectivity index (χ2n) is 5.89. The van der Waals surface area contributed by atoms with E-state index < -0.39 is 5.91 Å². The van der Waals surface area contributed by atoms with Crippen molar-refractivity contribution in [1.82, 2.24) is 4.98 Å². The third-order valence-electron chi connectivity index (χ3n) is 4.49. The summed E-state index contributed by atoms with van der Waals surface area (Å²) in [4.78, 5) is 27.5. The fourth-order valence-corrected chi connectivity index (χ4v) is 3.43. The smallest absolute Gasteiger partial charge is 0.249 e. The van der Waals surface area contributed by atoms with Gasteiger partial charge in [-0.25, -0.2) is 0 Å². The van der Waals surface area contributed by atoms with E-state index in [1.807, 2.05) is 6.07 Å². The Hall–Kier alpha value is -2.36. The van der Waals surface area contributed by atoms with Crippen molar-refractivity contribution in [2.75, 3.05) is 0 Å². The summed E-state index contributed by atoms with van der Waals surface area (Å²) in [6.45, 7) is 0. The van der Waals surface area contributed by atoms with Gasteiger partial charge in [-0.15, -0.1) is 0 Å². The van der Waals surface area contributed by atoms with Gasteiger partial charge in [-0.3, -0.25) is 9.59 Å². The van der Waals surface area contributed by atoms with Crippen molar-refractivity contribution in [2.45, 2.75) is 38.0 Å². The van der Waals surface area contributed by atoms with Gasteiger partial charge in [-0.1, -0.05) is 31.4 Å². The van der Waals surface area contributed by atoms with Gasteiger partial charge in [-0.2, -0.15) is 0 Å². The van der Waals surface area contributed by atoms with Gasteiger partial charge in [0.1, 0.15) is 0 Å². The molecule has 0 aliphatic heterocycles. The van der Waals surface area contributed by atoms with Gasteiger partial charge in [0, 0.05) is 29.1 Å². The molecule has 0 bridgehead atoms. The molecule has 3 N–H and O–H groups in total. The molecule has 22 heavy (non-hydrogen) atoms. The summed E-state index contributed by atoms with van der Waals surface area (Å²) >= 11 is 0. The summed E-state index contributed by atoms with van der Waals surface area (Å²) in [6.07, 6.45) is 8.92. The number of aromatic amines is 1. The second-order valence-corrected chi connectivity index (χ2v) is 5.89. The van der Waals surface area contributed by atoms with Crippen LogP contribution in [0.15, 0.2) is 36.7 Å². The van der Waals surface area contributed by atoms with Crippen LogP contribution in [-0.4, -0.2) is 16.7 Å². The molecule has 1 aromatic heterocycles. The van der Waals surface area contributed by atoms with E-state index in [0.717, 1.165) is 31.2 Å². The molecule has 0 unspecified atom stereocenters. The van der Waals surface area contributed by atoms with Gasteiger partial charge in [0.15, 0.2) is 5.78 Å². The Bertz CT molecular complexity index is 683. The van der Waals surface area contributed by atoms with Crippen molar-refractivity contribution in [3.05, 3.63) is 58.9 Å². The zero-order valence-corrected chi connectivity index (χ0v) is 12.5. The topological polar surface area (TPSA) is 76.0 Å². The molecule has 1 heterocycles. The van der Waals surface area contributed by atoms with E-state index in [1.165, 1.54) is 6.42 Å². The van der Waals surface area contributed by atoms with Crippen LogP contribution in [0.4, 0.5) is 0 Å². The predicted octanol–water partition coefficient (Wildman–Crippen LogP) is 3.39. The second kappa shape index (κ2) is 6.18. The Kier molecular flexibility index (Phi) is 4.09. The maximum absolute atomic E-state index is 12.8. The number of H-pyrrole nitrogens is 1. The molecule has 1 aliphatic carbocycles. The van der Waals surface area contributed by atoms with E-state index in [9.17, 15) is 9.59 Å². The fourth-order valence-electron chi connectivity index (χ4n) is 3.43. The normalized spacial score (nSPS) is 15.6. The molecule has 1 fully saturated rings. The number of nitrogens with one attached hydrogen (secondary N) is 1. The summed E-state index contributed by atoms with van der Waals surface area (Å²) in [7, 11) is 0. The van der Waals surface area contributed by atoms with E-state index in [1.54, 1.807) is 30.6 Å². The molecule has 0 atom stereocenters. The van der Waals surface area contributed by atoms with Crippen molar-refractivity contribution < 1.29 is 9.59 Å². The highest BCUT2D eigenvalue weighted by Gasteiger charge is 2.26. The quantitative estimate of drug-likeness (QED) is 0.848. The number of carbonyl (C=O) groups is 2. The summed E-state index contributed by atoms with van der Waals surface area (Å²) in [6, 6.07) is 7.04. The third-order valence-corrected chi connectivity index (χ3v) is 4.49. The molecule has 1 aliphatic rings. The van der Waals surface area contributed by atoms with E-state index in [4.69, 9.17) is 5.73 Å². The number of rotatable bonds is 4. The van der Waals surface area contributed by atoms with Gasteiger partial charge >= 0.3 is 0 Å². The number of benzene rings is 1. The molecule has 1 amide bonds. The average molecular weight is 296 g/mol. The lowest BCUT2D eigenvalue weighted by atomic mass is 9.78. The van der Waals surface area contributed by atoms with Crippen LogP contribution in [-0.2, 0) is 0 Å². The van der Waals surface area contributed by atoms with E-state index in [-0.39, 0.29) is 11.7 Å². The van der Waals surface area contributed by atoms with Crippen LogP contribution < -0.4 is 5.73 Å². The zero-order chi connectivity index (χ0) is 15.5. The lowest BCUT2D eigenvalue weighted by Gasteiger charge is -2.25. The minimum Gasteiger partial charge on any atom is -0.367 e. The van der Waals surface area contributed by atoms with Crippen molar-refractivity contribution in [3.63, 3.8) is 0 Å². The number of carbonyl (C=O) groups excluding carboxylic acids is 2. The predicted molar refractivity (Wildman–Crippen MR) is 85.0 cm³/mol. The Labute approximate surface area is 129 Å². The van der Waals surface area contributed by atoms with E-state index in [0.29, 0.717) is 16.7 Å². The number of aromatic nitrogens is 1. The number of ketones is 1. The maximum atomic E-state index is 12.8. The molecule has 0 saturated heterocycles. The van der Waals surface area contributed by atoms with Crippen LogP contribution in [0.2, 0.25) is 0 Å². The van der Waals surface area contributed by atoms with Crippen molar-refractivity contribution in [1.29, 1.82) is 0 Å². The molecule has 4 nitrogen and oxygen atoms in total. The summed E-state index contributed by atoms with van der Waals surface area (Å²) in [5.74, 6) is -0.260. The fraction of sp³-hybridized carbons (Fsp3) is 0.333. The molecule has 1 saturated carbocycles. The van der Waals surface area contributed by atoms with Gasteiger partial charge in [0.25, 0.3) is 0 Å². The van der Waals surface area contributed by atoms with E-state index >= 15 is 0 Å². The first-order valence-corrected chi connectivity index (χ1v) is 7.78. The molecular weight excluding hydrogens is 276 g/mol. The van der Waals surface area contributed by atoms with Crippen LogP contribution in [0.1, 0.15) is 69.9 Å². The van der Waals surface area contributed by atoms with Crippen LogP contribution in [0, 0.1) is 0 Å². The average Bonchev–Trinajstić information content (AvgIpc) is 3.08. The Morgan fingerprint density at radius 1 is 1.05 bits per heavy atom. The molecule has 1 aromatic carbocycles. The molecule has 3 rings (SSSR count). The number of hydrogen-bond donors (Lipinski definition) is 2. The highest BCUT2D eigenvalue weighted by Crippen LogP contribution is 2.37. The van der Waals surface area contributed by atoms with Crippen molar-refractivity contribution in [2.24, 2.45) is 5.73 Å². The Morgan fingerprint density at radius 3 is 2.41 bits per heavy atom. The Morgan fingerprint density at radius 2 is 1.77 bits per heavy atom. The largest absolute Gasteiger partial charge is 0.367 e. The first-order valence-electron chi connectivity index (χ1n) is 7.78. The molecule has 2 aromatic rings. The minimum atomic E-state index is -0.454. The first-order chi connectivity index (χ1) is 10.7. The monoisotopic (exact) mass is 296 g/mol. The summed E-state index contributed by atoms with van der Waals surface area (Å²) < 4.78 is 0. The molecule has 114 valence electrons. The number of primary amides is 1. The van der Waals surface area contributed by atoms with Crippen LogP contribution in [0.25, 0.3) is 0 Å². The van der Waals surface area contributed by atoms with Crippen molar-refractivity contribution in [3.8, 4) is 0 Å². The van der Waals surface area contributed by atoms with Crippen LogP contribution >= 0.6 is 0 Å². The van der Waals surface area contributed by atoms with Gasteiger partial charge in [0.2, 0.25) is 5.91 Å². The standard InChI is InChI=1S/C18H20N2O2/c19-18(22)15-8-4-7-14(17(21)13-9-10-20-11-13)16(15)12-5-2-1-3-6-12/h4,7-12,20H,1-3,5-6H2,(H2,19,22).